The minimum Gasteiger partial charge on any atom is -0.338 e. The zero-order valence-corrected chi connectivity index (χ0v) is 11.8. The maximum Gasteiger partial charge on any atom is 0.255 e. The molecular weight excluding hydrogens is 232 g/mol. The molecule has 0 aliphatic carbocycles. The van der Waals surface area contributed by atoms with Gasteiger partial charge in [-0.25, -0.2) is 0 Å². The van der Waals surface area contributed by atoms with Gasteiger partial charge in [-0.05, 0) is 31.7 Å². The molecule has 0 saturated heterocycles. The standard InChI is InChI=1S/C13H20N2OS/c1-5-17-9-10(2)15(4)13(16)12-7-6-8-14-11(12)3/h6-8,10H,5,9H2,1-4H3/t10-/m0/s1. The van der Waals surface area contributed by atoms with Crippen molar-refractivity contribution in [2.75, 3.05) is 18.6 Å². The summed E-state index contributed by atoms with van der Waals surface area (Å²) in [5, 5.41) is 0. The zero-order valence-electron chi connectivity index (χ0n) is 10.9. The normalized spacial score (nSPS) is 12.2. The molecule has 0 N–H and O–H groups in total. The molecule has 0 unspecified atom stereocenters. The molecule has 0 saturated carbocycles. The predicted molar refractivity (Wildman–Crippen MR) is 73.5 cm³/mol. The molecule has 1 rings (SSSR count). The van der Waals surface area contributed by atoms with E-state index in [0.29, 0.717) is 5.56 Å². The molecule has 94 valence electrons. The second-order valence-corrected chi connectivity index (χ2v) is 5.38. The second-order valence-electron chi connectivity index (χ2n) is 4.06. The Hall–Kier alpha value is -1.03. The molecule has 1 aromatic heterocycles. The number of aromatic nitrogens is 1. The number of pyridine rings is 1. The molecule has 1 atom stereocenters. The number of aryl methyl sites for hydroxylation is 1. The Kier molecular flexibility index (Phi) is 5.48. The van der Waals surface area contributed by atoms with Crippen LogP contribution in [0.4, 0.5) is 0 Å². The van der Waals surface area contributed by atoms with E-state index in [4.69, 9.17) is 0 Å². The van der Waals surface area contributed by atoms with E-state index in [1.54, 1.807) is 17.2 Å². The van der Waals surface area contributed by atoms with Crippen LogP contribution in [0.2, 0.25) is 0 Å². The van der Waals surface area contributed by atoms with Gasteiger partial charge in [-0.3, -0.25) is 9.78 Å². The minimum atomic E-state index is 0.0554. The summed E-state index contributed by atoms with van der Waals surface area (Å²) >= 11 is 1.85. The lowest BCUT2D eigenvalue weighted by atomic mass is 10.1. The first-order chi connectivity index (χ1) is 8.07. The summed E-state index contributed by atoms with van der Waals surface area (Å²) in [6.07, 6.45) is 1.71. The first-order valence-corrected chi connectivity index (χ1v) is 7.00. The topological polar surface area (TPSA) is 33.2 Å². The fourth-order valence-corrected chi connectivity index (χ4v) is 2.30. The van der Waals surface area contributed by atoms with Crippen molar-refractivity contribution >= 4 is 17.7 Å². The Morgan fingerprint density at radius 1 is 1.59 bits per heavy atom. The molecule has 1 amide bonds. The number of carbonyl (C=O) groups is 1. The van der Waals surface area contributed by atoms with Crippen LogP contribution in [0.1, 0.15) is 29.9 Å². The average Bonchev–Trinajstić information content (AvgIpc) is 2.34. The second kappa shape index (κ2) is 6.64. The van der Waals surface area contributed by atoms with Gasteiger partial charge in [0.2, 0.25) is 0 Å². The summed E-state index contributed by atoms with van der Waals surface area (Å²) < 4.78 is 0. The van der Waals surface area contributed by atoms with Gasteiger partial charge in [0, 0.05) is 30.7 Å². The van der Waals surface area contributed by atoms with Crippen molar-refractivity contribution in [3.8, 4) is 0 Å². The quantitative estimate of drug-likeness (QED) is 0.807. The van der Waals surface area contributed by atoms with Crippen LogP contribution < -0.4 is 0 Å². The fourth-order valence-electron chi connectivity index (χ4n) is 1.50. The molecule has 17 heavy (non-hydrogen) atoms. The molecule has 0 aliphatic heterocycles. The number of carbonyl (C=O) groups excluding carboxylic acids is 1. The Labute approximate surface area is 108 Å². The van der Waals surface area contributed by atoms with E-state index in [1.807, 2.05) is 31.8 Å². The highest BCUT2D eigenvalue weighted by Gasteiger charge is 2.18. The summed E-state index contributed by atoms with van der Waals surface area (Å²) in [6, 6.07) is 3.88. The number of rotatable bonds is 5. The number of amides is 1. The number of nitrogens with zero attached hydrogens (tertiary/aromatic N) is 2. The van der Waals surface area contributed by atoms with Gasteiger partial charge in [0.05, 0.1) is 5.56 Å². The van der Waals surface area contributed by atoms with Crippen LogP contribution >= 0.6 is 11.8 Å². The van der Waals surface area contributed by atoms with Crippen molar-refractivity contribution in [1.29, 1.82) is 0 Å². The summed E-state index contributed by atoms with van der Waals surface area (Å²) in [5.74, 6) is 2.11. The third kappa shape index (κ3) is 3.73. The molecule has 0 aromatic carbocycles. The van der Waals surface area contributed by atoms with Gasteiger partial charge in [0.15, 0.2) is 0 Å². The van der Waals surface area contributed by atoms with Crippen LogP contribution in [0.3, 0.4) is 0 Å². The molecule has 0 aliphatic rings. The smallest absolute Gasteiger partial charge is 0.255 e. The summed E-state index contributed by atoms with van der Waals surface area (Å²) in [5.41, 5.74) is 1.49. The lowest BCUT2D eigenvalue weighted by molar-refractivity contribution is 0.0756. The van der Waals surface area contributed by atoms with Crippen molar-refractivity contribution in [1.82, 2.24) is 9.88 Å². The lowest BCUT2D eigenvalue weighted by Gasteiger charge is -2.25. The van der Waals surface area contributed by atoms with E-state index in [0.717, 1.165) is 17.2 Å². The van der Waals surface area contributed by atoms with Gasteiger partial charge < -0.3 is 4.90 Å². The van der Waals surface area contributed by atoms with Crippen LogP contribution in [-0.2, 0) is 0 Å². The fraction of sp³-hybridized carbons (Fsp3) is 0.538. The maximum atomic E-state index is 12.2. The largest absolute Gasteiger partial charge is 0.338 e. The van der Waals surface area contributed by atoms with Crippen molar-refractivity contribution in [2.45, 2.75) is 26.8 Å². The lowest BCUT2D eigenvalue weighted by Crippen LogP contribution is -2.37. The predicted octanol–water partition coefficient (Wildman–Crippen LogP) is 2.60. The molecule has 0 spiro atoms. The molecule has 1 aromatic rings. The molecule has 3 nitrogen and oxygen atoms in total. The first kappa shape index (κ1) is 14.0. The monoisotopic (exact) mass is 252 g/mol. The van der Waals surface area contributed by atoms with Crippen LogP contribution in [0.15, 0.2) is 18.3 Å². The van der Waals surface area contributed by atoms with E-state index in [-0.39, 0.29) is 11.9 Å². The van der Waals surface area contributed by atoms with E-state index in [1.165, 1.54) is 0 Å². The highest BCUT2D eigenvalue weighted by Crippen LogP contribution is 2.12. The van der Waals surface area contributed by atoms with Crippen molar-refractivity contribution < 1.29 is 4.79 Å². The van der Waals surface area contributed by atoms with E-state index >= 15 is 0 Å². The molecule has 1 heterocycles. The van der Waals surface area contributed by atoms with Crippen molar-refractivity contribution in [2.24, 2.45) is 0 Å². The number of hydrogen-bond acceptors (Lipinski definition) is 3. The van der Waals surface area contributed by atoms with Crippen molar-refractivity contribution in [3.05, 3.63) is 29.6 Å². The summed E-state index contributed by atoms with van der Waals surface area (Å²) in [6.45, 7) is 6.07. The third-order valence-corrected chi connectivity index (χ3v) is 3.91. The van der Waals surface area contributed by atoms with Crippen LogP contribution in [0, 0.1) is 6.92 Å². The number of hydrogen-bond donors (Lipinski definition) is 0. The van der Waals surface area contributed by atoms with E-state index in [9.17, 15) is 4.79 Å². The molecule has 4 heteroatoms. The highest BCUT2D eigenvalue weighted by molar-refractivity contribution is 7.99. The average molecular weight is 252 g/mol. The van der Waals surface area contributed by atoms with Gasteiger partial charge in [-0.15, -0.1) is 0 Å². The molecule has 0 bridgehead atoms. The summed E-state index contributed by atoms with van der Waals surface area (Å²) in [7, 11) is 1.86. The van der Waals surface area contributed by atoms with E-state index in [2.05, 4.69) is 18.8 Å². The summed E-state index contributed by atoms with van der Waals surface area (Å²) in [4.78, 5) is 18.2. The molecular formula is C13H20N2OS. The number of thioether (sulfide) groups is 1. The third-order valence-electron chi connectivity index (χ3n) is 2.78. The van der Waals surface area contributed by atoms with Gasteiger partial charge in [-0.2, -0.15) is 11.8 Å². The van der Waals surface area contributed by atoms with E-state index < -0.39 is 0 Å². The SMILES string of the molecule is CCSC[C@H](C)N(C)C(=O)c1cccnc1C. The Morgan fingerprint density at radius 3 is 2.88 bits per heavy atom. The minimum absolute atomic E-state index is 0.0554. The van der Waals surface area contributed by atoms with Crippen LogP contribution in [-0.4, -0.2) is 40.4 Å². The van der Waals surface area contributed by atoms with Gasteiger partial charge in [0.25, 0.3) is 5.91 Å². The van der Waals surface area contributed by atoms with Crippen LogP contribution in [0.25, 0.3) is 0 Å². The van der Waals surface area contributed by atoms with Crippen molar-refractivity contribution in [3.63, 3.8) is 0 Å². The Balaban J connectivity index is 2.73. The zero-order chi connectivity index (χ0) is 12.8. The van der Waals surface area contributed by atoms with Gasteiger partial charge in [0.1, 0.15) is 0 Å². The van der Waals surface area contributed by atoms with Crippen LogP contribution in [0.5, 0.6) is 0 Å². The Bertz CT molecular complexity index is 381. The maximum absolute atomic E-state index is 12.2. The van der Waals surface area contributed by atoms with Gasteiger partial charge in [-0.1, -0.05) is 6.92 Å². The first-order valence-electron chi connectivity index (χ1n) is 5.84. The highest BCUT2D eigenvalue weighted by atomic mass is 32.2. The van der Waals surface area contributed by atoms with Gasteiger partial charge >= 0.3 is 0 Å². The molecule has 0 radical (unpaired) electrons. The molecule has 0 fully saturated rings. The Morgan fingerprint density at radius 2 is 2.29 bits per heavy atom.